The molecule has 1 aliphatic heterocycles. The van der Waals surface area contributed by atoms with Crippen molar-refractivity contribution in [2.24, 2.45) is 11.8 Å². The Labute approximate surface area is 189 Å². The summed E-state index contributed by atoms with van der Waals surface area (Å²) in [6, 6.07) is 15.9. The van der Waals surface area contributed by atoms with Crippen molar-refractivity contribution >= 4 is 48.9 Å². The second-order valence-corrected chi connectivity index (χ2v) is 11.0. The van der Waals surface area contributed by atoms with Gasteiger partial charge >= 0.3 is 0 Å². The molecule has 0 radical (unpaired) electrons. The van der Waals surface area contributed by atoms with E-state index in [1.165, 1.54) is 33.9 Å². The Morgan fingerprint density at radius 3 is 2.41 bits per heavy atom. The molecule has 3 aromatic rings. The molecule has 1 aromatic heterocycles. The number of rotatable bonds is 6. The molecule has 2 aromatic carbocycles. The number of hydrogen-bond acceptors (Lipinski definition) is 5. The highest BCUT2D eigenvalue weighted by Gasteiger charge is 2.58. The van der Waals surface area contributed by atoms with E-state index >= 15 is 0 Å². The fourth-order valence-electron chi connectivity index (χ4n) is 4.27. The molecule has 2 unspecified atom stereocenters. The van der Waals surface area contributed by atoms with Crippen molar-refractivity contribution in [1.82, 2.24) is 9.62 Å². The van der Waals surface area contributed by atoms with Crippen LogP contribution in [0.25, 0.3) is 10.1 Å². The van der Waals surface area contributed by atoms with Crippen LogP contribution in [0, 0.1) is 11.8 Å². The van der Waals surface area contributed by atoms with Crippen LogP contribution in [0.1, 0.15) is 9.67 Å². The zero-order valence-corrected chi connectivity index (χ0v) is 18.7. The van der Waals surface area contributed by atoms with Crippen LogP contribution in [-0.4, -0.2) is 43.7 Å². The summed E-state index contributed by atoms with van der Waals surface area (Å²) in [5, 5.41) is 6.69. The van der Waals surface area contributed by atoms with E-state index < -0.39 is 10.0 Å². The minimum absolute atomic E-state index is 0.0263. The third-order valence-electron chi connectivity index (χ3n) is 6.05. The van der Waals surface area contributed by atoms with Gasteiger partial charge in [-0.25, -0.2) is 8.42 Å². The summed E-state index contributed by atoms with van der Waals surface area (Å²) in [7, 11) is -3.62. The first-order chi connectivity index (χ1) is 15.4. The second-order valence-electron chi connectivity index (χ2n) is 8.02. The quantitative estimate of drug-likeness (QED) is 0.545. The molecule has 2 amide bonds. The normalized spacial score (nSPS) is 22.3. The Hall–Kier alpha value is -3.01. The number of fused-ring (bicyclic) bond motifs is 2. The SMILES string of the molecule is C=CC(=O)NC1C2CN(S(=O)(=O)c3ccc(NC(=O)c4cc5ccccc5s4)cc3)CC21. The number of carbonyl (C=O) groups is 2. The molecule has 2 N–H and O–H groups in total. The molecular weight excluding hydrogens is 446 g/mol. The maximum atomic E-state index is 13.0. The van der Waals surface area contributed by atoms with E-state index in [0.29, 0.717) is 23.7 Å². The van der Waals surface area contributed by atoms with Crippen LogP contribution in [0.5, 0.6) is 0 Å². The highest BCUT2D eigenvalue weighted by molar-refractivity contribution is 7.89. The molecule has 7 nitrogen and oxygen atoms in total. The molecule has 2 heterocycles. The van der Waals surface area contributed by atoms with Gasteiger partial charge in [0.05, 0.1) is 9.77 Å². The lowest BCUT2D eigenvalue weighted by Gasteiger charge is -2.20. The minimum Gasteiger partial charge on any atom is -0.349 e. The van der Waals surface area contributed by atoms with Crippen LogP contribution in [0.3, 0.4) is 0 Å². The fourth-order valence-corrected chi connectivity index (χ4v) is 6.74. The van der Waals surface area contributed by atoms with E-state index in [-0.39, 0.29) is 34.6 Å². The first kappa shape index (κ1) is 20.9. The van der Waals surface area contributed by atoms with Crippen molar-refractivity contribution in [1.29, 1.82) is 0 Å². The number of amides is 2. The van der Waals surface area contributed by atoms with Gasteiger partial charge in [-0.3, -0.25) is 9.59 Å². The van der Waals surface area contributed by atoms with Crippen molar-refractivity contribution in [3.8, 4) is 0 Å². The largest absolute Gasteiger partial charge is 0.349 e. The van der Waals surface area contributed by atoms with Crippen LogP contribution in [0.4, 0.5) is 5.69 Å². The third-order valence-corrected chi connectivity index (χ3v) is 9.01. The van der Waals surface area contributed by atoms with Gasteiger partial charge in [0.1, 0.15) is 0 Å². The van der Waals surface area contributed by atoms with Crippen LogP contribution in [0.15, 0.2) is 72.1 Å². The second kappa shape index (κ2) is 7.84. The predicted octanol–water partition coefficient (Wildman–Crippen LogP) is 3.07. The number of sulfonamides is 1. The number of hydrogen-bond donors (Lipinski definition) is 2. The van der Waals surface area contributed by atoms with Gasteiger partial charge in [-0.1, -0.05) is 24.8 Å². The van der Waals surface area contributed by atoms with Gasteiger partial charge in [-0.15, -0.1) is 11.3 Å². The van der Waals surface area contributed by atoms with E-state index in [0.717, 1.165) is 10.1 Å². The molecule has 164 valence electrons. The maximum absolute atomic E-state index is 13.0. The van der Waals surface area contributed by atoms with E-state index in [2.05, 4.69) is 17.2 Å². The number of nitrogens with zero attached hydrogens (tertiary/aromatic N) is 1. The lowest BCUT2D eigenvalue weighted by Crippen LogP contribution is -2.36. The molecule has 32 heavy (non-hydrogen) atoms. The number of thiophene rings is 1. The Bertz CT molecular complexity index is 1290. The summed E-state index contributed by atoms with van der Waals surface area (Å²) in [5.41, 5.74) is 0.530. The van der Waals surface area contributed by atoms with Gasteiger partial charge in [0, 0.05) is 29.5 Å². The summed E-state index contributed by atoms with van der Waals surface area (Å²) >= 11 is 1.41. The monoisotopic (exact) mass is 467 g/mol. The molecule has 2 fully saturated rings. The van der Waals surface area contributed by atoms with Crippen LogP contribution < -0.4 is 10.6 Å². The Morgan fingerprint density at radius 2 is 1.75 bits per heavy atom. The molecule has 2 atom stereocenters. The van der Waals surface area contributed by atoms with Gasteiger partial charge in [-0.2, -0.15) is 4.31 Å². The van der Waals surface area contributed by atoms with E-state index in [9.17, 15) is 18.0 Å². The Kier molecular flexibility index (Phi) is 5.11. The van der Waals surface area contributed by atoms with Crippen LogP contribution in [-0.2, 0) is 14.8 Å². The van der Waals surface area contributed by atoms with Gasteiger partial charge < -0.3 is 10.6 Å². The molecule has 1 aliphatic carbocycles. The highest BCUT2D eigenvalue weighted by atomic mass is 32.2. The zero-order valence-electron chi connectivity index (χ0n) is 17.0. The smallest absolute Gasteiger partial charge is 0.265 e. The van der Waals surface area contributed by atoms with Crippen molar-refractivity contribution in [3.63, 3.8) is 0 Å². The zero-order chi connectivity index (χ0) is 22.5. The first-order valence-electron chi connectivity index (χ1n) is 10.2. The predicted molar refractivity (Wildman–Crippen MR) is 124 cm³/mol. The number of nitrogens with one attached hydrogen (secondary N) is 2. The summed E-state index contributed by atoms with van der Waals surface area (Å²) in [6.07, 6.45) is 1.23. The van der Waals surface area contributed by atoms with Crippen molar-refractivity contribution in [2.75, 3.05) is 18.4 Å². The average Bonchev–Trinajstić information content (AvgIpc) is 3.16. The maximum Gasteiger partial charge on any atom is 0.265 e. The highest BCUT2D eigenvalue weighted by Crippen LogP contribution is 2.47. The lowest BCUT2D eigenvalue weighted by atomic mass is 10.2. The summed E-state index contributed by atoms with van der Waals surface area (Å²) in [4.78, 5) is 24.8. The molecule has 5 rings (SSSR count). The molecule has 0 spiro atoms. The van der Waals surface area contributed by atoms with E-state index in [1.54, 1.807) is 12.1 Å². The van der Waals surface area contributed by atoms with Gasteiger partial charge in [0.2, 0.25) is 15.9 Å². The summed E-state index contributed by atoms with van der Waals surface area (Å²) in [6.45, 7) is 4.21. The number of carbonyl (C=O) groups excluding carboxylic acids is 2. The Balaban J connectivity index is 1.23. The molecule has 2 aliphatic rings. The lowest BCUT2D eigenvalue weighted by molar-refractivity contribution is -0.116. The molecule has 0 bridgehead atoms. The Morgan fingerprint density at radius 1 is 1.06 bits per heavy atom. The number of piperidine rings is 1. The third kappa shape index (κ3) is 3.72. The van der Waals surface area contributed by atoms with Crippen molar-refractivity contribution in [2.45, 2.75) is 10.9 Å². The summed E-state index contributed by atoms with van der Waals surface area (Å²) < 4.78 is 28.5. The number of benzene rings is 2. The minimum atomic E-state index is -3.62. The number of anilines is 1. The standard InChI is InChI=1S/C23H21N3O4S2/c1-2-21(27)25-22-17-12-26(13-18(17)22)32(29,30)16-9-7-15(8-10-16)24-23(28)20-11-14-5-3-4-6-19(14)31-20/h2-11,17-18,22H,1,12-13H2,(H,24,28)(H,25,27). The summed E-state index contributed by atoms with van der Waals surface area (Å²) in [5.74, 6) is -0.164. The van der Waals surface area contributed by atoms with Crippen molar-refractivity contribution in [3.05, 3.63) is 72.1 Å². The van der Waals surface area contributed by atoms with Gasteiger partial charge in [-0.05, 0) is 59.7 Å². The fraction of sp³-hybridized carbons (Fsp3) is 0.217. The molecular formula is C23H21N3O4S2. The average molecular weight is 468 g/mol. The van der Waals surface area contributed by atoms with E-state index in [1.807, 2.05) is 30.3 Å². The van der Waals surface area contributed by atoms with Crippen LogP contribution >= 0.6 is 11.3 Å². The van der Waals surface area contributed by atoms with Gasteiger partial charge in [0.25, 0.3) is 5.91 Å². The van der Waals surface area contributed by atoms with Crippen molar-refractivity contribution < 1.29 is 18.0 Å². The molecule has 1 saturated heterocycles. The van der Waals surface area contributed by atoms with E-state index in [4.69, 9.17) is 0 Å². The first-order valence-corrected chi connectivity index (χ1v) is 12.5. The van der Waals surface area contributed by atoms with Crippen LogP contribution in [0.2, 0.25) is 0 Å². The topological polar surface area (TPSA) is 95.6 Å². The molecule has 1 saturated carbocycles. The molecule has 9 heteroatoms. The van der Waals surface area contributed by atoms with Gasteiger partial charge in [0.15, 0.2) is 0 Å².